The van der Waals surface area contributed by atoms with Crippen LogP contribution >= 0.6 is 0 Å². The molecular weight excluding hydrogens is 315 g/mol. The molecule has 0 bridgehead atoms. The highest BCUT2D eigenvalue weighted by molar-refractivity contribution is 6.09. The molecule has 25 heavy (non-hydrogen) atoms. The SMILES string of the molecule is CC1(F)Oc2ccc3ccccc3c2-c2c(ccc3ccccc23)O1. The molecule has 122 valence electrons. The zero-order valence-electron chi connectivity index (χ0n) is 13.6. The van der Waals surface area contributed by atoms with Gasteiger partial charge in [0.1, 0.15) is 11.5 Å². The van der Waals surface area contributed by atoms with Crippen molar-refractivity contribution in [3.8, 4) is 22.6 Å². The summed E-state index contributed by atoms with van der Waals surface area (Å²) in [6.07, 6.45) is 0. The summed E-state index contributed by atoms with van der Waals surface area (Å²) >= 11 is 0. The molecule has 0 amide bonds. The molecule has 1 aliphatic rings. The summed E-state index contributed by atoms with van der Waals surface area (Å²) in [6.45, 7) is 1.29. The number of ether oxygens (including phenoxy) is 2. The largest absolute Gasteiger partial charge is 0.426 e. The van der Waals surface area contributed by atoms with Gasteiger partial charge in [0.05, 0.1) is 0 Å². The Hall–Kier alpha value is -3.07. The monoisotopic (exact) mass is 330 g/mol. The fourth-order valence-corrected chi connectivity index (χ4v) is 3.60. The third kappa shape index (κ3) is 2.16. The molecule has 0 saturated heterocycles. The van der Waals surface area contributed by atoms with E-state index in [9.17, 15) is 4.39 Å². The highest BCUT2D eigenvalue weighted by Gasteiger charge is 2.35. The number of fused-ring (bicyclic) bond motifs is 7. The van der Waals surface area contributed by atoms with E-state index in [0.29, 0.717) is 11.5 Å². The first-order chi connectivity index (χ1) is 12.1. The maximum atomic E-state index is 14.8. The van der Waals surface area contributed by atoms with E-state index in [1.165, 1.54) is 6.92 Å². The Balaban J connectivity index is 2.00. The molecule has 4 aromatic carbocycles. The molecule has 4 aromatic rings. The van der Waals surface area contributed by atoms with Crippen molar-refractivity contribution < 1.29 is 13.9 Å². The van der Waals surface area contributed by atoms with E-state index in [-0.39, 0.29) is 0 Å². The molecule has 2 nitrogen and oxygen atoms in total. The van der Waals surface area contributed by atoms with Gasteiger partial charge in [-0.3, -0.25) is 0 Å². The Labute approximate surface area is 144 Å². The second-order valence-electron chi connectivity index (χ2n) is 6.36. The van der Waals surface area contributed by atoms with Crippen molar-refractivity contribution in [2.75, 3.05) is 0 Å². The Bertz CT molecular complexity index is 1040. The lowest BCUT2D eigenvalue weighted by atomic mass is 9.92. The van der Waals surface area contributed by atoms with E-state index < -0.39 is 6.04 Å². The lowest BCUT2D eigenvalue weighted by Gasteiger charge is -2.20. The van der Waals surface area contributed by atoms with E-state index in [0.717, 1.165) is 32.7 Å². The maximum Gasteiger partial charge on any atom is 0.404 e. The Morgan fingerprint density at radius 3 is 1.56 bits per heavy atom. The summed E-state index contributed by atoms with van der Waals surface area (Å²) in [5.41, 5.74) is 1.73. The van der Waals surface area contributed by atoms with Gasteiger partial charge < -0.3 is 9.47 Å². The van der Waals surface area contributed by atoms with Gasteiger partial charge in [0.25, 0.3) is 0 Å². The molecule has 0 unspecified atom stereocenters. The summed E-state index contributed by atoms with van der Waals surface area (Å²) in [5.74, 6) is 0.970. The van der Waals surface area contributed by atoms with Gasteiger partial charge >= 0.3 is 6.04 Å². The summed E-state index contributed by atoms with van der Waals surface area (Å²) in [5, 5.41) is 4.18. The summed E-state index contributed by atoms with van der Waals surface area (Å²) in [6, 6.07) is 21.4. The van der Waals surface area contributed by atoms with Gasteiger partial charge in [-0.05, 0) is 33.7 Å². The van der Waals surface area contributed by atoms with Crippen LogP contribution in [0, 0.1) is 0 Å². The van der Waals surface area contributed by atoms with Crippen molar-refractivity contribution in [3.05, 3.63) is 72.8 Å². The van der Waals surface area contributed by atoms with E-state index in [1.54, 1.807) is 0 Å². The van der Waals surface area contributed by atoms with Gasteiger partial charge in [-0.15, -0.1) is 0 Å². The van der Waals surface area contributed by atoms with E-state index in [4.69, 9.17) is 9.47 Å². The van der Waals surface area contributed by atoms with Crippen molar-refractivity contribution in [3.63, 3.8) is 0 Å². The van der Waals surface area contributed by atoms with Crippen LogP contribution < -0.4 is 9.47 Å². The molecule has 0 spiro atoms. The van der Waals surface area contributed by atoms with Crippen LogP contribution in [-0.4, -0.2) is 6.04 Å². The van der Waals surface area contributed by atoms with Crippen LogP contribution in [-0.2, 0) is 0 Å². The quantitative estimate of drug-likeness (QED) is 0.389. The first-order valence-electron chi connectivity index (χ1n) is 8.23. The maximum absolute atomic E-state index is 14.8. The van der Waals surface area contributed by atoms with Crippen LogP contribution in [0.5, 0.6) is 11.5 Å². The van der Waals surface area contributed by atoms with Crippen LogP contribution in [0.3, 0.4) is 0 Å². The third-order valence-electron chi connectivity index (χ3n) is 4.62. The topological polar surface area (TPSA) is 18.5 Å². The van der Waals surface area contributed by atoms with Crippen molar-refractivity contribution >= 4 is 21.5 Å². The van der Waals surface area contributed by atoms with Crippen LogP contribution in [0.1, 0.15) is 6.92 Å². The van der Waals surface area contributed by atoms with Crippen LogP contribution in [0.2, 0.25) is 0 Å². The number of benzene rings is 4. The molecule has 5 rings (SSSR count). The zero-order chi connectivity index (χ0) is 17.0. The fraction of sp³-hybridized carbons (Fsp3) is 0.0909. The normalized spacial score (nSPS) is 15.0. The average molecular weight is 330 g/mol. The molecule has 0 aliphatic carbocycles. The number of alkyl halides is 1. The molecule has 3 heteroatoms. The second kappa shape index (κ2) is 4.96. The minimum Gasteiger partial charge on any atom is -0.426 e. The van der Waals surface area contributed by atoms with Crippen molar-refractivity contribution in [1.29, 1.82) is 0 Å². The minimum absolute atomic E-state index is 0.485. The molecule has 0 radical (unpaired) electrons. The zero-order valence-corrected chi connectivity index (χ0v) is 13.6. The number of halogens is 1. The fourth-order valence-electron chi connectivity index (χ4n) is 3.60. The molecular formula is C22H15FO2. The molecule has 0 N–H and O–H groups in total. The van der Waals surface area contributed by atoms with Crippen LogP contribution in [0.25, 0.3) is 32.7 Å². The predicted molar refractivity (Wildman–Crippen MR) is 97.7 cm³/mol. The Morgan fingerprint density at radius 1 is 0.640 bits per heavy atom. The van der Waals surface area contributed by atoms with Gasteiger partial charge in [-0.25, -0.2) is 0 Å². The second-order valence-corrected chi connectivity index (χ2v) is 6.36. The number of hydrogen-bond acceptors (Lipinski definition) is 2. The van der Waals surface area contributed by atoms with E-state index in [2.05, 4.69) is 0 Å². The lowest BCUT2D eigenvalue weighted by Crippen LogP contribution is -2.32. The summed E-state index contributed by atoms with van der Waals surface area (Å²) in [4.78, 5) is 0. The first kappa shape index (κ1) is 14.3. The van der Waals surface area contributed by atoms with E-state index in [1.807, 2.05) is 72.8 Å². The summed E-state index contributed by atoms with van der Waals surface area (Å²) < 4.78 is 26.0. The van der Waals surface area contributed by atoms with Crippen molar-refractivity contribution in [1.82, 2.24) is 0 Å². The molecule has 0 saturated carbocycles. The minimum atomic E-state index is -2.23. The van der Waals surface area contributed by atoms with E-state index >= 15 is 0 Å². The predicted octanol–water partition coefficient (Wildman–Crippen LogP) is 6.07. The van der Waals surface area contributed by atoms with Crippen LogP contribution in [0.15, 0.2) is 72.8 Å². The number of hydrogen-bond donors (Lipinski definition) is 0. The van der Waals surface area contributed by atoms with Crippen molar-refractivity contribution in [2.24, 2.45) is 0 Å². The highest BCUT2D eigenvalue weighted by Crippen LogP contribution is 2.49. The molecule has 1 heterocycles. The standard InChI is InChI=1S/C22H15FO2/c1-22(23)24-18-12-10-14-6-2-4-8-16(14)20(18)21-17-9-5-3-7-15(17)11-13-19(21)25-22/h2-13H,1H3. The van der Waals surface area contributed by atoms with Crippen molar-refractivity contribution in [2.45, 2.75) is 13.0 Å². The van der Waals surface area contributed by atoms with Gasteiger partial charge in [0, 0.05) is 18.1 Å². The number of rotatable bonds is 0. The average Bonchev–Trinajstić information content (AvgIpc) is 2.73. The first-order valence-corrected chi connectivity index (χ1v) is 8.23. The smallest absolute Gasteiger partial charge is 0.404 e. The molecule has 0 fully saturated rings. The molecule has 0 aromatic heterocycles. The molecule has 0 atom stereocenters. The third-order valence-corrected chi connectivity index (χ3v) is 4.62. The molecule has 1 aliphatic heterocycles. The summed E-state index contributed by atoms with van der Waals surface area (Å²) in [7, 11) is 0. The van der Waals surface area contributed by atoms with Crippen LogP contribution in [0.4, 0.5) is 4.39 Å². The van der Waals surface area contributed by atoms with Gasteiger partial charge in [-0.1, -0.05) is 60.7 Å². The lowest BCUT2D eigenvalue weighted by molar-refractivity contribution is -0.198. The van der Waals surface area contributed by atoms with Gasteiger partial charge in [0.15, 0.2) is 0 Å². The van der Waals surface area contributed by atoms with Gasteiger partial charge in [-0.2, -0.15) is 4.39 Å². The Morgan fingerprint density at radius 2 is 1.08 bits per heavy atom. The van der Waals surface area contributed by atoms with Gasteiger partial charge in [0.2, 0.25) is 0 Å². The Kier molecular flexibility index (Phi) is 2.84. The highest BCUT2D eigenvalue weighted by atomic mass is 19.2.